The number of likely N-dealkylation sites (N-methyl/N-ethyl adjacent to an activating group) is 1. The van der Waals surface area contributed by atoms with Crippen LogP contribution in [0.2, 0.25) is 0 Å². The summed E-state index contributed by atoms with van der Waals surface area (Å²) in [7, 11) is 1.91. The largest absolute Gasteiger partial charge is 0.371 e. The molecule has 1 atom stereocenters. The number of fused-ring (bicyclic) bond motifs is 1. The number of carbonyl (C=O) groups is 1. The van der Waals surface area contributed by atoms with Gasteiger partial charge in [0.05, 0.1) is 31.4 Å². The predicted molar refractivity (Wildman–Crippen MR) is 80.7 cm³/mol. The SMILES string of the molecule is CN(C)C(=O)COC[C@H]1CN(S(C)(=O)=O)Cc2ncn(C)c21. The third-order valence-electron chi connectivity index (χ3n) is 3.71. The van der Waals surface area contributed by atoms with Gasteiger partial charge in [0.1, 0.15) is 6.61 Å². The lowest BCUT2D eigenvalue weighted by atomic mass is 10.0. The Kier molecular flexibility index (Phi) is 4.88. The number of aryl methyl sites for hydroxylation is 1. The molecule has 8 nitrogen and oxygen atoms in total. The van der Waals surface area contributed by atoms with Gasteiger partial charge in [0.25, 0.3) is 0 Å². The smallest absolute Gasteiger partial charge is 0.248 e. The zero-order valence-corrected chi connectivity index (χ0v) is 14.1. The molecule has 1 aromatic rings. The maximum absolute atomic E-state index is 11.8. The highest BCUT2D eigenvalue weighted by atomic mass is 32.2. The number of nitrogens with zero attached hydrogens (tertiary/aromatic N) is 4. The lowest BCUT2D eigenvalue weighted by Gasteiger charge is -2.31. The fourth-order valence-electron chi connectivity index (χ4n) is 2.50. The van der Waals surface area contributed by atoms with Crippen molar-refractivity contribution in [3.8, 4) is 0 Å². The van der Waals surface area contributed by atoms with Crippen molar-refractivity contribution < 1.29 is 17.9 Å². The van der Waals surface area contributed by atoms with E-state index in [2.05, 4.69) is 4.98 Å². The van der Waals surface area contributed by atoms with Crippen molar-refractivity contribution in [3.63, 3.8) is 0 Å². The molecule has 0 spiro atoms. The van der Waals surface area contributed by atoms with Crippen LogP contribution in [0, 0.1) is 0 Å². The maximum Gasteiger partial charge on any atom is 0.248 e. The Hall–Kier alpha value is -1.45. The Morgan fingerprint density at radius 3 is 2.77 bits per heavy atom. The van der Waals surface area contributed by atoms with E-state index in [1.54, 1.807) is 20.4 Å². The minimum Gasteiger partial charge on any atom is -0.371 e. The van der Waals surface area contributed by atoms with Crippen molar-refractivity contribution in [1.82, 2.24) is 18.8 Å². The molecule has 0 radical (unpaired) electrons. The van der Waals surface area contributed by atoms with Gasteiger partial charge in [-0.25, -0.2) is 13.4 Å². The van der Waals surface area contributed by atoms with Crippen LogP contribution >= 0.6 is 0 Å². The summed E-state index contributed by atoms with van der Waals surface area (Å²) in [6.07, 6.45) is 2.86. The highest BCUT2D eigenvalue weighted by Gasteiger charge is 2.33. The molecule has 0 N–H and O–H groups in total. The Bertz CT molecular complexity index is 653. The molecule has 0 aromatic carbocycles. The lowest BCUT2D eigenvalue weighted by molar-refractivity contribution is -0.133. The Morgan fingerprint density at radius 1 is 1.50 bits per heavy atom. The summed E-state index contributed by atoms with van der Waals surface area (Å²) >= 11 is 0. The first-order chi connectivity index (χ1) is 10.2. The Labute approximate surface area is 130 Å². The van der Waals surface area contributed by atoms with Crippen LogP contribution in [-0.2, 0) is 33.1 Å². The van der Waals surface area contributed by atoms with Crippen LogP contribution in [0.3, 0.4) is 0 Å². The minimum atomic E-state index is -3.29. The lowest BCUT2D eigenvalue weighted by Crippen LogP contribution is -2.40. The van der Waals surface area contributed by atoms with E-state index in [4.69, 9.17) is 4.74 Å². The first kappa shape index (κ1) is 16.9. The fourth-order valence-corrected chi connectivity index (χ4v) is 3.31. The summed E-state index contributed by atoms with van der Waals surface area (Å²) in [5.41, 5.74) is 1.71. The normalized spacial score (nSPS) is 19.0. The van der Waals surface area contributed by atoms with E-state index in [-0.39, 0.29) is 31.6 Å². The topological polar surface area (TPSA) is 84.7 Å². The number of ether oxygens (including phenoxy) is 1. The molecule has 124 valence electrons. The second kappa shape index (κ2) is 6.35. The van der Waals surface area contributed by atoms with Gasteiger partial charge in [0, 0.05) is 39.3 Å². The molecule has 1 aliphatic heterocycles. The number of rotatable bonds is 5. The van der Waals surface area contributed by atoms with Crippen LogP contribution in [0.25, 0.3) is 0 Å². The van der Waals surface area contributed by atoms with Gasteiger partial charge in [-0.1, -0.05) is 0 Å². The molecule has 0 saturated carbocycles. The van der Waals surface area contributed by atoms with Crippen LogP contribution in [-0.4, -0.2) is 73.2 Å². The standard InChI is InChI=1S/C13H22N4O4S/c1-15(2)12(18)8-21-7-10-5-17(22(4,19)20)6-11-13(10)16(3)9-14-11/h9-10H,5-8H2,1-4H3/t10-/m1/s1. The maximum atomic E-state index is 11.8. The van der Waals surface area contributed by atoms with Crippen LogP contribution in [0.5, 0.6) is 0 Å². The summed E-state index contributed by atoms with van der Waals surface area (Å²) in [4.78, 5) is 17.3. The first-order valence-corrected chi connectivity index (χ1v) is 8.78. The van der Waals surface area contributed by atoms with Crippen LogP contribution < -0.4 is 0 Å². The third kappa shape index (κ3) is 3.65. The Balaban J connectivity index is 2.11. The van der Waals surface area contributed by atoms with E-state index in [1.807, 2.05) is 11.6 Å². The molecule has 2 rings (SSSR count). The highest BCUT2D eigenvalue weighted by molar-refractivity contribution is 7.88. The number of hydrogen-bond acceptors (Lipinski definition) is 5. The second-order valence-electron chi connectivity index (χ2n) is 5.74. The average molecular weight is 330 g/mol. The molecule has 22 heavy (non-hydrogen) atoms. The molecule has 0 aliphatic carbocycles. The molecule has 2 heterocycles. The van der Waals surface area contributed by atoms with E-state index < -0.39 is 10.0 Å². The van der Waals surface area contributed by atoms with E-state index in [0.29, 0.717) is 6.54 Å². The van der Waals surface area contributed by atoms with Gasteiger partial charge in [-0.3, -0.25) is 4.79 Å². The van der Waals surface area contributed by atoms with Crippen molar-refractivity contribution in [3.05, 3.63) is 17.7 Å². The molecular weight excluding hydrogens is 308 g/mol. The van der Waals surface area contributed by atoms with Gasteiger partial charge in [-0.2, -0.15) is 4.31 Å². The molecule has 0 saturated heterocycles. The van der Waals surface area contributed by atoms with Crippen molar-refractivity contribution >= 4 is 15.9 Å². The number of imidazole rings is 1. The molecule has 0 fully saturated rings. The monoisotopic (exact) mass is 330 g/mol. The van der Waals surface area contributed by atoms with Gasteiger partial charge < -0.3 is 14.2 Å². The molecule has 9 heteroatoms. The third-order valence-corrected chi connectivity index (χ3v) is 4.93. The molecule has 1 amide bonds. The molecule has 0 bridgehead atoms. The summed E-state index contributed by atoms with van der Waals surface area (Å²) < 4.78 is 32.4. The van der Waals surface area contributed by atoms with Crippen LogP contribution in [0.1, 0.15) is 17.3 Å². The average Bonchev–Trinajstić information content (AvgIpc) is 2.79. The molecule has 1 aromatic heterocycles. The molecule has 0 unspecified atom stereocenters. The number of aromatic nitrogens is 2. The van der Waals surface area contributed by atoms with Gasteiger partial charge in [0.15, 0.2) is 0 Å². The van der Waals surface area contributed by atoms with E-state index >= 15 is 0 Å². The minimum absolute atomic E-state index is 0.0183. The van der Waals surface area contributed by atoms with Gasteiger partial charge in [-0.05, 0) is 0 Å². The fraction of sp³-hybridized carbons (Fsp3) is 0.692. The predicted octanol–water partition coefficient (Wildman–Crippen LogP) is -0.616. The van der Waals surface area contributed by atoms with E-state index in [0.717, 1.165) is 11.4 Å². The van der Waals surface area contributed by atoms with Crippen LogP contribution in [0.15, 0.2) is 6.33 Å². The van der Waals surface area contributed by atoms with Gasteiger partial charge in [-0.15, -0.1) is 0 Å². The number of hydrogen-bond donors (Lipinski definition) is 0. The quantitative estimate of drug-likeness (QED) is 0.719. The van der Waals surface area contributed by atoms with E-state index in [1.165, 1.54) is 15.5 Å². The zero-order chi connectivity index (χ0) is 16.5. The summed E-state index contributed by atoms with van der Waals surface area (Å²) in [5.74, 6) is -0.262. The first-order valence-electron chi connectivity index (χ1n) is 6.93. The summed E-state index contributed by atoms with van der Waals surface area (Å²) in [6.45, 7) is 0.872. The van der Waals surface area contributed by atoms with Crippen molar-refractivity contribution in [1.29, 1.82) is 0 Å². The van der Waals surface area contributed by atoms with Gasteiger partial charge in [0.2, 0.25) is 15.9 Å². The molecule has 1 aliphatic rings. The molecular formula is C13H22N4O4S. The number of amides is 1. The van der Waals surface area contributed by atoms with E-state index in [9.17, 15) is 13.2 Å². The zero-order valence-electron chi connectivity index (χ0n) is 13.3. The van der Waals surface area contributed by atoms with Crippen molar-refractivity contribution in [2.24, 2.45) is 7.05 Å². The van der Waals surface area contributed by atoms with Gasteiger partial charge >= 0.3 is 0 Å². The number of carbonyl (C=O) groups excluding carboxylic acids is 1. The summed E-state index contributed by atoms with van der Waals surface area (Å²) in [5, 5.41) is 0. The van der Waals surface area contributed by atoms with Crippen LogP contribution in [0.4, 0.5) is 0 Å². The number of sulfonamides is 1. The van der Waals surface area contributed by atoms with Crippen molar-refractivity contribution in [2.45, 2.75) is 12.5 Å². The highest BCUT2D eigenvalue weighted by Crippen LogP contribution is 2.28. The summed E-state index contributed by atoms with van der Waals surface area (Å²) in [6, 6.07) is 0. The van der Waals surface area contributed by atoms with Crippen molar-refractivity contribution in [2.75, 3.05) is 40.1 Å². The Morgan fingerprint density at radius 2 is 2.18 bits per heavy atom. The second-order valence-corrected chi connectivity index (χ2v) is 7.73.